The fourth-order valence-corrected chi connectivity index (χ4v) is 23.8. The standard InChI is InChI=1S/C109H73NO3/c1-58-41-45-63(59(2)51-58)76-56-89-94(98-73-31-15-23-39-91(73)112-103(76)98)70-47-43-60(52-84(70)105(89,3)4)110(61-44-48-71-85(53-61)107(7,8)101-97(71)99-74-32-16-24-40-92(74)113-104(99)100-69-29-13-17-33-78(69)106(5,6)102(100)101)62-42-46-68-75-55-88-77(57-87(75)109(86(68)54-62)81-36-20-11-27-66(81)67-28-12-21-37-82(67)109)95-83(49-50-93-96(95)72-30-14-22-38-90(72)111-93)108(88)79-34-18-9-25-64(79)65-26-10-19-35-80(65)108/h9-57H,1-8H3. The monoisotopic (exact) mass is 1440 g/mol. The number of rotatable bonds is 4. The van der Waals surface area contributed by atoms with Crippen LogP contribution in [0.2, 0.25) is 0 Å². The van der Waals surface area contributed by atoms with Crippen molar-refractivity contribution in [3.63, 3.8) is 0 Å². The molecular formula is C109H73NO3. The van der Waals surface area contributed by atoms with Crippen LogP contribution in [0.1, 0.15) is 131 Å². The molecule has 0 atom stereocenters. The van der Waals surface area contributed by atoms with Gasteiger partial charge in [-0.25, -0.2) is 0 Å². The lowest BCUT2D eigenvalue weighted by Gasteiger charge is -2.33. The number of fused-ring (bicyclic) bond motifs is 43. The number of hydrogen-bond donors (Lipinski definition) is 0. The van der Waals surface area contributed by atoms with E-state index in [0.717, 1.165) is 72.3 Å². The fourth-order valence-electron chi connectivity index (χ4n) is 23.8. The zero-order valence-electron chi connectivity index (χ0n) is 64.0. The number of furan rings is 3. The van der Waals surface area contributed by atoms with Gasteiger partial charge in [0.05, 0.1) is 10.8 Å². The number of aryl methyl sites for hydroxylation is 2. The van der Waals surface area contributed by atoms with Gasteiger partial charge in [-0.15, -0.1) is 0 Å². The summed E-state index contributed by atoms with van der Waals surface area (Å²) < 4.78 is 21.3. The first-order chi connectivity index (χ1) is 55.1. The van der Waals surface area contributed by atoms with Crippen molar-refractivity contribution in [1.82, 2.24) is 0 Å². The number of anilines is 3. The molecule has 4 heteroatoms. The molecule has 19 aromatic rings. The summed E-state index contributed by atoms with van der Waals surface area (Å²) in [5.74, 6) is 0. The van der Waals surface area contributed by atoms with Gasteiger partial charge in [-0.1, -0.05) is 265 Å². The van der Waals surface area contributed by atoms with Crippen LogP contribution in [0.3, 0.4) is 0 Å². The van der Waals surface area contributed by atoms with Gasteiger partial charge >= 0.3 is 0 Å². The minimum Gasteiger partial charge on any atom is -0.456 e. The van der Waals surface area contributed by atoms with E-state index in [4.69, 9.17) is 13.3 Å². The molecule has 0 bridgehead atoms. The minimum atomic E-state index is -0.749. The minimum absolute atomic E-state index is 0.314. The molecule has 0 saturated heterocycles. The van der Waals surface area contributed by atoms with Crippen molar-refractivity contribution in [2.75, 3.05) is 4.90 Å². The van der Waals surface area contributed by atoms with Crippen molar-refractivity contribution in [2.45, 2.75) is 82.5 Å². The molecule has 0 amide bonds. The average Bonchev–Trinajstić information content (AvgIpc) is 1.49. The number of para-hydroxylation sites is 3. The van der Waals surface area contributed by atoms with Crippen LogP contribution in [0, 0.1) is 13.8 Å². The first-order valence-corrected chi connectivity index (χ1v) is 40.1. The first-order valence-electron chi connectivity index (χ1n) is 40.1. The molecule has 7 aliphatic carbocycles. The summed E-state index contributed by atoms with van der Waals surface area (Å²) in [5, 5.41) is 6.95. The maximum absolute atomic E-state index is 7.23. The van der Waals surface area contributed by atoms with Gasteiger partial charge in [0.1, 0.15) is 33.5 Å². The Labute approximate surface area is 654 Å². The molecule has 0 saturated carbocycles. The smallest absolute Gasteiger partial charge is 0.144 e. The van der Waals surface area contributed by atoms with Crippen molar-refractivity contribution in [2.24, 2.45) is 0 Å². The quantitative estimate of drug-likeness (QED) is 0.176. The van der Waals surface area contributed by atoms with E-state index < -0.39 is 21.7 Å². The Bertz CT molecular complexity index is 7610. The second kappa shape index (κ2) is 20.8. The Kier molecular flexibility index (Phi) is 11.5. The summed E-state index contributed by atoms with van der Waals surface area (Å²) in [7, 11) is 0. The Morgan fingerprint density at radius 2 is 0.628 bits per heavy atom. The largest absolute Gasteiger partial charge is 0.456 e. The van der Waals surface area contributed by atoms with E-state index in [9.17, 15) is 0 Å². The molecule has 3 aromatic heterocycles. The van der Waals surface area contributed by atoms with Gasteiger partial charge in [0.15, 0.2) is 0 Å². The van der Waals surface area contributed by atoms with Gasteiger partial charge in [0, 0.05) is 76.8 Å². The molecular weight excluding hydrogens is 1370 g/mol. The molecule has 532 valence electrons. The van der Waals surface area contributed by atoms with Gasteiger partial charge < -0.3 is 18.2 Å². The highest BCUT2D eigenvalue weighted by Gasteiger charge is 2.58. The second-order valence-corrected chi connectivity index (χ2v) is 34.8. The lowest BCUT2D eigenvalue weighted by atomic mass is 9.68. The molecule has 26 rings (SSSR count). The summed E-state index contributed by atoms with van der Waals surface area (Å²) in [6.07, 6.45) is 0. The number of hydrogen-bond acceptors (Lipinski definition) is 4. The van der Waals surface area contributed by atoms with Crippen LogP contribution < -0.4 is 4.90 Å². The molecule has 4 nitrogen and oxygen atoms in total. The normalized spacial score (nSPS) is 15.8. The summed E-state index contributed by atoms with van der Waals surface area (Å²) in [5.41, 5.74) is 47.0. The maximum Gasteiger partial charge on any atom is 0.144 e. The topological polar surface area (TPSA) is 42.7 Å². The van der Waals surface area contributed by atoms with Crippen molar-refractivity contribution in [3.8, 4) is 89.0 Å². The Balaban J connectivity index is 0.750. The second-order valence-electron chi connectivity index (χ2n) is 34.8. The van der Waals surface area contributed by atoms with E-state index in [1.807, 2.05) is 0 Å². The highest BCUT2D eigenvalue weighted by molar-refractivity contribution is 6.23. The predicted molar refractivity (Wildman–Crippen MR) is 463 cm³/mol. The van der Waals surface area contributed by atoms with Crippen LogP contribution in [-0.4, -0.2) is 0 Å². The third kappa shape index (κ3) is 7.30. The predicted octanol–water partition coefficient (Wildman–Crippen LogP) is 28.7. The lowest BCUT2D eigenvalue weighted by molar-refractivity contribution is 0.600. The molecule has 16 aromatic carbocycles. The average molecular weight is 1440 g/mol. The third-order valence-electron chi connectivity index (χ3n) is 28.4. The highest BCUT2D eigenvalue weighted by Crippen LogP contribution is 2.71. The Morgan fingerprint density at radius 1 is 0.230 bits per heavy atom. The number of nitrogens with zero attached hydrogens (tertiary/aromatic N) is 1. The van der Waals surface area contributed by atoms with Gasteiger partial charge in [0.2, 0.25) is 0 Å². The van der Waals surface area contributed by atoms with E-state index in [1.54, 1.807) is 0 Å². The summed E-state index contributed by atoms with van der Waals surface area (Å²) >= 11 is 0. The molecule has 7 aliphatic rings. The highest BCUT2D eigenvalue weighted by atomic mass is 16.3. The summed E-state index contributed by atoms with van der Waals surface area (Å²) in [4.78, 5) is 2.62. The van der Waals surface area contributed by atoms with E-state index in [0.29, 0.717) is 0 Å². The Hall–Kier alpha value is -13.3. The van der Waals surface area contributed by atoms with Gasteiger partial charge in [-0.05, 0) is 254 Å². The van der Waals surface area contributed by atoms with Gasteiger partial charge in [-0.2, -0.15) is 0 Å². The third-order valence-corrected chi connectivity index (χ3v) is 28.4. The van der Waals surface area contributed by atoms with E-state index in [2.05, 4.69) is 358 Å². The van der Waals surface area contributed by atoms with Gasteiger partial charge in [0.25, 0.3) is 0 Å². The summed E-state index contributed by atoms with van der Waals surface area (Å²) in [6.45, 7) is 19.2. The van der Waals surface area contributed by atoms with E-state index >= 15 is 0 Å². The van der Waals surface area contributed by atoms with Crippen molar-refractivity contribution in [1.29, 1.82) is 0 Å². The van der Waals surface area contributed by atoms with Crippen LogP contribution >= 0.6 is 0 Å². The molecule has 0 aliphatic heterocycles. The van der Waals surface area contributed by atoms with Crippen molar-refractivity contribution in [3.05, 3.63) is 386 Å². The molecule has 3 heterocycles. The zero-order valence-corrected chi connectivity index (χ0v) is 64.0. The lowest BCUT2D eigenvalue weighted by Crippen LogP contribution is -2.27. The fraction of sp³-hybridized carbons (Fsp3) is 0.119. The number of benzene rings is 16. The molecule has 0 radical (unpaired) electrons. The van der Waals surface area contributed by atoms with E-state index in [-0.39, 0.29) is 5.41 Å². The SMILES string of the molecule is Cc1ccc(-c2cc3c(c4c2oc2ccccc24)-c2ccc(N(c4ccc5c(c4)C(C)(C)c4c6c(c7oc8ccccc8c7c4-5)-c4ccccc4C6(C)C)c4ccc5c(c4)C4(c6ccccc6-c6ccccc64)c4cc6c(cc4-5)C4(c5ccccc5-c5ccccc54)c4ccc5oc7ccccc7c5c4-6)cc2C3(C)C)c(C)c1. The van der Waals surface area contributed by atoms with Crippen LogP contribution in [-0.2, 0) is 27.1 Å². The van der Waals surface area contributed by atoms with Crippen LogP contribution in [0.15, 0.2) is 311 Å². The maximum atomic E-state index is 7.23. The zero-order chi connectivity index (χ0) is 75.0. The van der Waals surface area contributed by atoms with Crippen LogP contribution in [0.4, 0.5) is 17.1 Å². The molecule has 0 N–H and O–H groups in total. The Morgan fingerprint density at radius 3 is 1.23 bits per heavy atom. The first kappa shape index (κ1) is 62.5. The van der Waals surface area contributed by atoms with Crippen molar-refractivity contribution < 1.29 is 13.3 Å². The molecule has 0 unspecified atom stereocenters. The summed E-state index contributed by atoms with van der Waals surface area (Å²) in [6, 6.07) is 114. The van der Waals surface area contributed by atoms with Crippen LogP contribution in [0.5, 0.6) is 0 Å². The van der Waals surface area contributed by atoms with E-state index in [1.165, 1.54) is 189 Å². The van der Waals surface area contributed by atoms with Gasteiger partial charge in [-0.3, -0.25) is 0 Å². The molecule has 113 heavy (non-hydrogen) atoms. The molecule has 2 spiro atoms. The molecule has 0 fully saturated rings. The van der Waals surface area contributed by atoms with Crippen molar-refractivity contribution >= 4 is 82.9 Å². The van der Waals surface area contributed by atoms with Crippen LogP contribution in [0.25, 0.3) is 155 Å².